The van der Waals surface area contributed by atoms with Crippen LogP contribution in [0.15, 0.2) is 52.2 Å². The second kappa shape index (κ2) is 10.3. The van der Waals surface area contributed by atoms with Crippen LogP contribution in [0.25, 0.3) is 10.2 Å². The van der Waals surface area contributed by atoms with E-state index in [1.54, 1.807) is 6.92 Å². The van der Waals surface area contributed by atoms with E-state index in [9.17, 15) is 18.0 Å². The van der Waals surface area contributed by atoms with Crippen molar-refractivity contribution in [2.24, 2.45) is 5.92 Å². The predicted molar refractivity (Wildman–Crippen MR) is 149 cm³/mol. The molecular formula is C26H23Cl2N3O5S2. The van der Waals surface area contributed by atoms with Crippen LogP contribution in [-0.4, -0.2) is 24.4 Å². The molecule has 2 aromatic heterocycles. The van der Waals surface area contributed by atoms with E-state index in [4.69, 9.17) is 27.9 Å². The predicted octanol–water partition coefficient (Wildman–Crippen LogP) is 6.14. The lowest BCUT2D eigenvalue weighted by atomic mass is 9.89. The third kappa shape index (κ3) is 5.31. The molecule has 2 aromatic carbocycles. The van der Waals surface area contributed by atoms with Gasteiger partial charge in [-0.2, -0.15) is 0 Å². The highest BCUT2D eigenvalue weighted by Crippen LogP contribution is 2.36. The van der Waals surface area contributed by atoms with Gasteiger partial charge in [0, 0.05) is 10.6 Å². The molecule has 0 spiro atoms. The summed E-state index contributed by atoms with van der Waals surface area (Å²) in [6.07, 6.45) is 1.99. The maximum atomic E-state index is 12.9. The van der Waals surface area contributed by atoms with Crippen molar-refractivity contribution in [1.82, 2.24) is 9.97 Å². The Morgan fingerprint density at radius 3 is 2.76 bits per heavy atom. The van der Waals surface area contributed by atoms with Crippen molar-refractivity contribution in [2.45, 2.75) is 44.1 Å². The number of ether oxygens (including phenoxy) is 1. The number of nitrogens with zero attached hydrogens (tertiary/aromatic N) is 1. The van der Waals surface area contributed by atoms with Crippen LogP contribution in [0.4, 0.5) is 5.69 Å². The molecule has 0 fully saturated rings. The number of rotatable bonds is 6. The summed E-state index contributed by atoms with van der Waals surface area (Å²) >= 11 is 13.3. The van der Waals surface area contributed by atoms with Crippen molar-refractivity contribution in [3.05, 3.63) is 84.7 Å². The van der Waals surface area contributed by atoms with Crippen molar-refractivity contribution in [3.8, 4) is 0 Å². The summed E-state index contributed by atoms with van der Waals surface area (Å²) in [5, 5.41) is 0.955. The molecule has 0 saturated heterocycles. The number of esters is 1. The number of sulfonamides is 1. The van der Waals surface area contributed by atoms with Gasteiger partial charge >= 0.3 is 5.97 Å². The number of halogens is 2. The zero-order valence-electron chi connectivity index (χ0n) is 20.4. The van der Waals surface area contributed by atoms with E-state index < -0.39 is 22.1 Å². The third-order valence-electron chi connectivity index (χ3n) is 6.40. The second-order valence-corrected chi connectivity index (χ2v) is 12.9. The van der Waals surface area contributed by atoms with Gasteiger partial charge in [0.1, 0.15) is 4.83 Å². The van der Waals surface area contributed by atoms with Crippen molar-refractivity contribution in [1.29, 1.82) is 0 Å². The summed E-state index contributed by atoms with van der Waals surface area (Å²) in [7, 11) is -3.99. The standard InChI is InChI=1S/C26H23Cl2N3O5S2/c1-13-6-8-18-21(10-13)37-25-22(18)24(32)29-23(30-25)14(2)36-26(33)15-4-3-5-16(11-15)31-38(34,35)17-7-9-19(27)20(28)12-17/h3-5,7,9,11-14,31H,6,8,10H2,1-2H3,(H,29,30,32)/t13-,14+/m0/s1. The molecular weight excluding hydrogens is 569 g/mol. The van der Waals surface area contributed by atoms with Gasteiger partial charge in [-0.3, -0.25) is 9.52 Å². The van der Waals surface area contributed by atoms with Crippen LogP contribution >= 0.6 is 34.5 Å². The molecule has 0 unspecified atom stereocenters. The van der Waals surface area contributed by atoms with Crippen molar-refractivity contribution in [3.63, 3.8) is 0 Å². The summed E-state index contributed by atoms with van der Waals surface area (Å²) in [5.41, 5.74) is 1.12. The molecule has 2 atom stereocenters. The topological polar surface area (TPSA) is 118 Å². The summed E-state index contributed by atoms with van der Waals surface area (Å²) in [6, 6.07) is 9.83. The number of hydrogen-bond donors (Lipinski definition) is 2. The van der Waals surface area contributed by atoms with Gasteiger partial charge in [-0.25, -0.2) is 18.2 Å². The second-order valence-electron chi connectivity index (χ2n) is 9.29. The van der Waals surface area contributed by atoms with Gasteiger partial charge in [-0.05, 0) is 74.1 Å². The van der Waals surface area contributed by atoms with Crippen LogP contribution in [0.2, 0.25) is 10.0 Å². The van der Waals surface area contributed by atoms with E-state index in [1.165, 1.54) is 58.7 Å². The van der Waals surface area contributed by atoms with E-state index in [0.29, 0.717) is 16.1 Å². The minimum Gasteiger partial charge on any atom is -0.451 e. The number of thiophene rings is 1. The SMILES string of the molecule is C[C@H]1CCc2c(sc3nc([C@@H](C)OC(=O)c4cccc(NS(=O)(=O)c5ccc(Cl)c(Cl)c5)c4)[nH]c(=O)c23)C1. The number of aryl methyl sites for hydroxylation is 1. The summed E-state index contributed by atoms with van der Waals surface area (Å²) in [5.74, 6) is 0.118. The molecule has 2 heterocycles. The van der Waals surface area contributed by atoms with Crippen molar-refractivity contribution >= 4 is 66.4 Å². The Kier molecular flexibility index (Phi) is 7.25. The van der Waals surface area contributed by atoms with Crippen molar-refractivity contribution < 1.29 is 17.9 Å². The fraction of sp³-hybridized carbons (Fsp3) is 0.269. The molecule has 8 nitrogen and oxygen atoms in total. The molecule has 1 aliphatic carbocycles. The Morgan fingerprint density at radius 1 is 1.21 bits per heavy atom. The number of fused-ring (bicyclic) bond motifs is 3. The van der Waals surface area contributed by atoms with Crippen LogP contribution in [0.3, 0.4) is 0 Å². The van der Waals surface area contributed by atoms with E-state index in [1.807, 2.05) is 0 Å². The number of hydrogen-bond acceptors (Lipinski definition) is 7. The lowest BCUT2D eigenvalue weighted by molar-refractivity contribution is 0.0320. The number of aromatic amines is 1. The number of aromatic nitrogens is 2. The van der Waals surface area contributed by atoms with Crippen LogP contribution in [-0.2, 0) is 27.6 Å². The summed E-state index contributed by atoms with van der Waals surface area (Å²) < 4.78 is 33.5. The first kappa shape index (κ1) is 26.7. The summed E-state index contributed by atoms with van der Waals surface area (Å²) in [4.78, 5) is 34.9. The zero-order valence-corrected chi connectivity index (χ0v) is 23.5. The van der Waals surface area contributed by atoms with E-state index >= 15 is 0 Å². The first-order valence-electron chi connectivity index (χ1n) is 11.8. The average Bonchev–Trinajstić information content (AvgIpc) is 3.23. The highest BCUT2D eigenvalue weighted by Gasteiger charge is 2.25. The van der Waals surface area contributed by atoms with Gasteiger partial charge in [-0.15, -0.1) is 11.3 Å². The Morgan fingerprint density at radius 2 is 2.00 bits per heavy atom. The Labute approximate surface area is 233 Å². The van der Waals surface area contributed by atoms with Crippen molar-refractivity contribution in [2.75, 3.05) is 4.72 Å². The average molecular weight is 593 g/mol. The first-order valence-corrected chi connectivity index (χ1v) is 14.9. The molecule has 38 heavy (non-hydrogen) atoms. The number of anilines is 1. The lowest BCUT2D eigenvalue weighted by Crippen LogP contribution is -2.18. The Hall–Kier alpha value is -2.92. The minimum absolute atomic E-state index is 0.0800. The molecule has 0 saturated carbocycles. The minimum atomic E-state index is -3.99. The van der Waals surface area contributed by atoms with E-state index in [-0.39, 0.29) is 37.6 Å². The summed E-state index contributed by atoms with van der Waals surface area (Å²) in [6.45, 7) is 3.82. The van der Waals surface area contributed by atoms with Crippen LogP contribution in [0, 0.1) is 5.92 Å². The van der Waals surface area contributed by atoms with Gasteiger partial charge in [0.05, 0.1) is 25.9 Å². The zero-order chi connectivity index (χ0) is 27.2. The molecule has 198 valence electrons. The number of nitrogens with one attached hydrogen (secondary N) is 2. The highest BCUT2D eigenvalue weighted by molar-refractivity contribution is 7.92. The fourth-order valence-corrected chi connectivity index (χ4v) is 7.24. The van der Waals surface area contributed by atoms with E-state index in [0.717, 1.165) is 24.8 Å². The van der Waals surface area contributed by atoms with E-state index in [2.05, 4.69) is 21.6 Å². The van der Waals surface area contributed by atoms with Crippen LogP contribution in [0.1, 0.15) is 53.0 Å². The molecule has 4 aromatic rings. The number of carbonyl (C=O) groups is 1. The van der Waals surface area contributed by atoms with Crippen LogP contribution < -0.4 is 10.3 Å². The molecule has 0 radical (unpaired) electrons. The molecule has 5 rings (SSSR count). The molecule has 1 aliphatic rings. The third-order valence-corrected chi connectivity index (χ3v) is 9.67. The largest absolute Gasteiger partial charge is 0.451 e. The maximum absolute atomic E-state index is 12.9. The number of benzene rings is 2. The molecule has 12 heteroatoms. The monoisotopic (exact) mass is 591 g/mol. The van der Waals surface area contributed by atoms with Gasteiger partial charge in [0.15, 0.2) is 11.9 Å². The number of H-pyrrole nitrogens is 1. The van der Waals surface area contributed by atoms with Crippen LogP contribution in [0.5, 0.6) is 0 Å². The molecule has 0 bridgehead atoms. The first-order chi connectivity index (χ1) is 18.0. The van der Waals surface area contributed by atoms with Gasteiger partial charge in [-0.1, -0.05) is 36.2 Å². The normalized spacial score (nSPS) is 16.2. The van der Waals surface area contributed by atoms with Gasteiger partial charge in [0.25, 0.3) is 15.6 Å². The number of carbonyl (C=O) groups excluding carboxylic acids is 1. The quantitative estimate of drug-likeness (QED) is 0.260. The molecule has 0 aliphatic heterocycles. The Bertz CT molecular complexity index is 1730. The lowest BCUT2D eigenvalue weighted by Gasteiger charge is -2.17. The highest BCUT2D eigenvalue weighted by atomic mass is 35.5. The van der Waals surface area contributed by atoms with Gasteiger partial charge in [0.2, 0.25) is 0 Å². The fourth-order valence-electron chi connectivity index (χ4n) is 4.41. The molecule has 2 N–H and O–H groups in total. The smallest absolute Gasteiger partial charge is 0.338 e. The van der Waals surface area contributed by atoms with Gasteiger partial charge < -0.3 is 9.72 Å². The molecule has 0 amide bonds. The maximum Gasteiger partial charge on any atom is 0.338 e. The Balaban J connectivity index is 1.34.